The lowest BCUT2D eigenvalue weighted by Gasteiger charge is -2.34. The highest BCUT2D eigenvalue weighted by atomic mass is 16.2. The van der Waals surface area contributed by atoms with Crippen LogP contribution in [0.2, 0.25) is 0 Å². The number of fused-ring (bicyclic) bond motifs is 1. The predicted molar refractivity (Wildman–Crippen MR) is 105 cm³/mol. The molecule has 1 saturated heterocycles. The van der Waals surface area contributed by atoms with E-state index in [2.05, 4.69) is 46.4 Å². The van der Waals surface area contributed by atoms with Gasteiger partial charge in [0.2, 0.25) is 0 Å². The van der Waals surface area contributed by atoms with Crippen LogP contribution < -0.4 is 5.32 Å². The van der Waals surface area contributed by atoms with Gasteiger partial charge in [-0.3, -0.25) is 4.90 Å². The van der Waals surface area contributed by atoms with E-state index in [4.69, 9.17) is 0 Å². The van der Waals surface area contributed by atoms with Crippen molar-refractivity contribution in [2.75, 3.05) is 31.5 Å². The Morgan fingerprint density at radius 3 is 2.46 bits per heavy atom. The molecule has 2 heterocycles. The molecule has 2 aromatic carbocycles. The molecule has 0 spiro atoms. The Kier molecular flexibility index (Phi) is 4.63. The first-order chi connectivity index (χ1) is 12.7. The number of aromatic amines is 1. The number of para-hydroxylation sites is 2. The van der Waals surface area contributed by atoms with Gasteiger partial charge < -0.3 is 15.2 Å². The molecule has 1 fully saturated rings. The average molecular weight is 348 g/mol. The van der Waals surface area contributed by atoms with Gasteiger partial charge in [-0.15, -0.1) is 0 Å². The number of benzene rings is 2. The van der Waals surface area contributed by atoms with Crippen LogP contribution in [-0.4, -0.2) is 47.0 Å². The van der Waals surface area contributed by atoms with E-state index in [9.17, 15) is 4.79 Å². The SMILES string of the molecule is Cc1[nH]c2ccccc2c1CN1CCN(C(=O)Nc2ccccc2)CC1. The Balaban J connectivity index is 1.36. The molecule has 0 atom stereocenters. The lowest BCUT2D eigenvalue weighted by atomic mass is 10.1. The second-order valence-corrected chi connectivity index (χ2v) is 6.83. The van der Waals surface area contributed by atoms with Gasteiger partial charge in [-0.1, -0.05) is 36.4 Å². The van der Waals surface area contributed by atoms with Crippen molar-refractivity contribution in [3.8, 4) is 0 Å². The molecule has 0 aliphatic carbocycles. The fourth-order valence-corrected chi connectivity index (χ4v) is 3.60. The number of anilines is 1. The van der Waals surface area contributed by atoms with Crippen LogP contribution in [-0.2, 0) is 6.54 Å². The number of hydrogen-bond acceptors (Lipinski definition) is 2. The van der Waals surface area contributed by atoms with Gasteiger partial charge in [-0.25, -0.2) is 4.79 Å². The fraction of sp³-hybridized carbons (Fsp3) is 0.286. The Labute approximate surface area is 153 Å². The number of urea groups is 1. The number of nitrogens with zero attached hydrogens (tertiary/aromatic N) is 2. The molecule has 5 heteroatoms. The largest absolute Gasteiger partial charge is 0.358 e. The third-order valence-corrected chi connectivity index (χ3v) is 5.09. The summed E-state index contributed by atoms with van der Waals surface area (Å²) in [6, 6.07) is 18.1. The summed E-state index contributed by atoms with van der Waals surface area (Å²) < 4.78 is 0. The molecule has 4 rings (SSSR count). The molecule has 3 aromatic rings. The van der Waals surface area contributed by atoms with Gasteiger partial charge in [0, 0.05) is 55.0 Å². The summed E-state index contributed by atoms with van der Waals surface area (Å²) in [7, 11) is 0. The van der Waals surface area contributed by atoms with Crippen molar-refractivity contribution in [3.63, 3.8) is 0 Å². The van der Waals surface area contributed by atoms with Crippen LogP contribution in [0.4, 0.5) is 10.5 Å². The highest BCUT2D eigenvalue weighted by Gasteiger charge is 2.22. The number of aryl methyl sites for hydroxylation is 1. The molecular weight excluding hydrogens is 324 g/mol. The van der Waals surface area contributed by atoms with Crippen LogP contribution in [0.25, 0.3) is 10.9 Å². The van der Waals surface area contributed by atoms with Gasteiger partial charge in [0.15, 0.2) is 0 Å². The summed E-state index contributed by atoms with van der Waals surface area (Å²) in [4.78, 5) is 20.2. The normalized spacial score (nSPS) is 15.3. The van der Waals surface area contributed by atoms with Crippen molar-refractivity contribution in [2.45, 2.75) is 13.5 Å². The van der Waals surface area contributed by atoms with E-state index < -0.39 is 0 Å². The standard InChI is InChI=1S/C21H24N4O/c1-16-19(18-9-5-6-10-20(18)22-16)15-24-11-13-25(14-12-24)21(26)23-17-7-3-2-4-8-17/h2-10,22H,11-15H2,1H3,(H,23,26). The first kappa shape index (κ1) is 16.7. The molecule has 0 bridgehead atoms. The number of nitrogens with one attached hydrogen (secondary N) is 2. The number of carbonyl (C=O) groups is 1. The highest BCUT2D eigenvalue weighted by Crippen LogP contribution is 2.23. The van der Waals surface area contributed by atoms with Gasteiger partial charge in [-0.2, -0.15) is 0 Å². The summed E-state index contributed by atoms with van der Waals surface area (Å²) in [5, 5.41) is 4.27. The summed E-state index contributed by atoms with van der Waals surface area (Å²) in [6.07, 6.45) is 0. The van der Waals surface area contributed by atoms with E-state index in [0.29, 0.717) is 0 Å². The molecule has 1 aliphatic heterocycles. The monoisotopic (exact) mass is 348 g/mol. The summed E-state index contributed by atoms with van der Waals surface area (Å²) >= 11 is 0. The van der Waals surface area contributed by atoms with E-state index in [0.717, 1.165) is 38.4 Å². The van der Waals surface area contributed by atoms with Crippen molar-refractivity contribution < 1.29 is 4.79 Å². The molecule has 26 heavy (non-hydrogen) atoms. The zero-order chi connectivity index (χ0) is 17.9. The second-order valence-electron chi connectivity index (χ2n) is 6.83. The first-order valence-corrected chi connectivity index (χ1v) is 9.10. The number of hydrogen-bond donors (Lipinski definition) is 2. The molecule has 1 aliphatic rings. The van der Waals surface area contributed by atoms with Gasteiger partial charge in [-0.05, 0) is 30.7 Å². The lowest BCUT2D eigenvalue weighted by molar-refractivity contribution is 0.143. The van der Waals surface area contributed by atoms with Gasteiger partial charge in [0.1, 0.15) is 0 Å². The minimum atomic E-state index is -0.0147. The van der Waals surface area contributed by atoms with Crippen molar-refractivity contribution in [2.24, 2.45) is 0 Å². The van der Waals surface area contributed by atoms with Crippen LogP contribution in [0.1, 0.15) is 11.3 Å². The summed E-state index contributed by atoms with van der Waals surface area (Å²) in [5.41, 5.74) is 4.63. The van der Waals surface area contributed by atoms with E-state index >= 15 is 0 Å². The van der Waals surface area contributed by atoms with Crippen LogP contribution in [0, 0.1) is 6.92 Å². The maximum absolute atomic E-state index is 12.4. The minimum absolute atomic E-state index is 0.0147. The Bertz CT molecular complexity index is 895. The molecule has 2 N–H and O–H groups in total. The van der Waals surface area contributed by atoms with Gasteiger partial charge in [0.25, 0.3) is 0 Å². The van der Waals surface area contributed by atoms with Crippen LogP contribution in [0.3, 0.4) is 0 Å². The number of amides is 2. The van der Waals surface area contributed by atoms with Crippen molar-refractivity contribution >= 4 is 22.6 Å². The van der Waals surface area contributed by atoms with Crippen molar-refractivity contribution in [3.05, 3.63) is 65.9 Å². The molecule has 1 aromatic heterocycles. The minimum Gasteiger partial charge on any atom is -0.358 e. The number of carbonyl (C=O) groups excluding carboxylic acids is 1. The predicted octanol–water partition coefficient (Wildman–Crippen LogP) is 3.83. The number of aromatic nitrogens is 1. The maximum Gasteiger partial charge on any atom is 0.321 e. The number of rotatable bonds is 3. The third kappa shape index (κ3) is 3.44. The zero-order valence-corrected chi connectivity index (χ0v) is 15.0. The van der Waals surface area contributed by atoms with Gasteiger partial charge >= 0.3 is 6.03 Å². The van der Waals surface area contributed by atoms with Crippen molar-refractivity contribution in [1.29, 1.82) is 0 Å². The summed E-state index contributed by atoms with van der Waals surface area (Å²) in [5.74, 6) is 0. The first-order valence-electron chi connectivity index (χ1n) is 9.10. The summed E-state index contributed by atoms with van der Waals surface area (Å²) in [6.45, 7) is 6.34. The number of piperazine rings is 1. The second kappa shape index (κ2) is 7.22. The Hall–Kier alpha value is -2.79. The molecule has 134 valence electrons. The molecular formula is C21H24N4O. The molecule has 0 unspecified atom stereocenters. The van der Waals surface area contributed by atoms with Crippen LogP contribution in [0.15, 0.2) is 54.6 Å². The smallest absolute Gasteiger partial charge is 0.321 e. The lowest BCUT2D eigenvalue weighted by Crippen LogP contribution is -2.49. The molecule has 5 nitrogen and oxygen atoms in total. The molecule has 0 radical (unpaired) electrons. The van der Waals surface area contributed by atoms with E-state index in [1.54, 1.807) is 0 Å². The quantitative estimate of drug-likeness (QED) is 0.756. The third-order valence-electron chi connectivity index (χ3n) is 5.09. The average Bonchev–Trinajstić information content (AvgIpc) is 2.98. The maximum atomic E-state index is 12.4. The van der Waals surface area contributed by atoms with Crippen molar-refractivity contribution in [1.82, 2.24) is 14.8 Å². The zero-order valence-electron chi connectivity index (χ0n) is 15.0. The molecule has 2 amide bonds. The van der Waals surface area contributed by atoms with E-state index in [1.807, 2.05) is 35.2 Å². The highest BCUT2D eigenvalue weighted by molar-refractivity contribution is 5.89. The Morgan fingerprint density at radius 2 is 1.69 bits per heavy atom. The van der Waals surface area contributed by atoms with Gasteiger partial charge in [0.05, 0.1) is 0 Å². The topological polar surface area (TPSA) is 51.4 Å². The van der Waals surface area contributed by atoms with Crippen LogP contribution >= 0.6 is 0 Å². The Morgan fingerprint density at radius 1 is 1.00 bits per heavy atom. The van der Waals surface area contributed by atoms with E-state index in [1.165, 1.54) is 22.2 Å². The van der Waals surface area contributed by atoms with Crippen LogP contribution in [0.5, 0.6) is 0 Å². The van der Waals surface area contributed by atoms with E-state index in [-0.39, 0.29) is 6.03 Å². The fourth-order valence-electron chi connectivity index (χ4n) is 3.60. The number of H-pyrrole nitrogens is 1. The molecule has 0 saturated carbocycles.